The standard InChI is InChI=1S/C8H12N6O/c1-12(2)14-4-13(3)5-6(14)10-8(9)11-7(5)15/h4H,1-3H3,(H2-,9,10,11,15)/p+1. The van der Waals surface area contributed by atoms with Crippen molar-refractivity contribution in [1.82, 2.24) is 14.6 Å². The molecule has 15 heavy (non-hydrogen) atoms. The number of anilines is 1. The van der Waals surface area contributed by atoms with Crippen molar-refractivity contribution in [3.63, 3.8) is 0 Å². The lowest BCUT2D eigenvalue weighted by Crippen LogP contribution is -2.32. The summed E-state index contributed by atoms with van der Waals surface area (Å²) in [7, 11) is 5.51. The van der Waals surface area contributed by atoms with Gasteiger partial charge in [-0.15, -0.1) is 4.68 Å². The molecule has 2 aromatic heterocycles. The molecule has 0 aliphatic heterocycles. The molecule has 2 rings (SSSR count). The van der Waals surface area contributed by atoms with E-state index in [2.05, 4.69) is 9.97 Å². The Balaban J connectivity index is 2.93. The maximum absolute atomic E-state index is 11.6. The van der Waals surface area contributed by atoms with Crippen LogP contribution in [0.15, 0.2) is 11.1 Å². The monoisotopic (exact) mass is 209 g/mol. The number of H-pyrrole nitrogens is 1. The molecule has 0 aromatic carbocycles. The Labute approximate surface area is 85.7 Å². The first-order valence-corrected chi connectivity index (χ1v) is 4.45. The van der Waals surface area contributed by atoms with Crippen molar-refractivity contribution in [2.45, 2.75) is 0 Å². The van der Waals surface area contributed by atoms with Crippen molar-refractivity contribution < 1.29 is 4.57 Å². The summed E-state index contributed by atoms with van der Waals surface area (Å²) in [6.07, 6.45) is 1.77. The van der Waals surface area contributed by atoms with E-state index >= 15 is 0 Å². The number of imidazole rings is 1. The first-order chi connectivity index (χ1) is 7.00. The lowest BCUT2D eigenvalue weighted by Gasteiger charge is -2.05. The van der Waals surface area contributed by atoms with E-state index in [9.17, 15) is 4.79 Å². The highest BCUT2D eigenvalue weighted by Crippen LogP contribution is 2.03. The zero-order valence-electron chi connectivity index (χ0n) is 8.85. The number of nitrogens with one attached hydrogen (secondary N) is 1. The van der Waals surface area contributed by atoms with Gasteiger partial charge in [-0.05, 0) is 0 Å². The summed E-state index contributed by atoms with van der Waals surface area (Å²) >= 11 is 0. The van der Waals surface area contributed by atoms with Gasteiger partial charge in [-0.2, -0.15) is 4.98 Å². The van der Waals surface area contributed by atoms with Crippen molar-refractivity contribution in [1.29, 1.82) is 0 Å². The van der Waals surface area contributed by atoms with E-state index in [1.165, 1.54) is 0 Å². The van der Waals surface area contributed by atoms with Gasteiger partial charge >= 0.3 is 11.2 Å². The van der Waals surface area contributed by atoms with Crippen LogP contribution in [0, 0.1) is 0 Å². The Morgan fingerprint density at radius 3 is 2.87 bits per heavy atom. The van der Waals surface area contributed by atoms with Gasteiger partial charge in [0, 0.05) is 14.1 Å². The van der Waals surface area contributed by atoms with Gasteiger partial charge in [-0.1, -0.05) is 0 Å². The summed E-state index contributed by atoms with van der Waals surface area (Å²) in [4.78, 5) is 18.2. The summed E-state index contributed by atoms with van der Waals surface area (Å²) in [6, 6.07) is 0. The fourth-order valence-corrected chi connectivity index (χ4v) is 1.52. The van der Waals surface area contributed by atoms with Crippen LogP contribution in [0.4, 0.5) is 5.95 Å². The largest absolute Gasteiger partial charge is 0.369 e. The maximum atomic E-state index is 11.6. The van der Waals surface area contributed by atoms with Gasteiger partial charge in [0.2, 0.25) is 5.95 Å². The molecule has 0 amide bonds. The number of hydrogen-bond donors (Lipinski definition) is 2. The summed E-state index contributed by atoms with van der Waals surface area (Å²) < 4.78 is 3.46. The van der Waals surface area contributed by atoms with Crippen LogP contribution in [0.1, 0.15) is 0 Å². The quantitative estimate of drug-likeness (QED) is 0.550. The molecule has 80 valence electrons. The van der Waals surface area contributed by atoms with E-state index in [-0.39, 0.29) is 11.5 Å². The molecule has 2 heterocycles. The average Bonchev–Trinajstić information content (AvgIpc) is 2.42. The second kappa shape index (κ2) is 2.97. The summed E-state index contributed by atoms with van der Waals surface area (Å²) in [5.74, 6) is 0.120. The Morgan fingerprint density at radius 2 is 2.27 bits per heavy atom. The maximum Gasteiger partial charge on any atom is 0.304 e. The molecule has 7 nitrogen and oxygen atoms in total. The topological polar surface area (TPSA) is 83.8 Å². The number of nitrogens with zero attached hydrogens (tertiary/aromatic N) is 4. The second-order valence-corrected chi connectivity index (χ2v) is 3.54. The molecule has 0 saturated heterocycles. The third-order valence-corrected chi connectivity index (χ3v) is 2.18. The van der Waals surface area contributed by atoms with Crippen molar-refractivity contribution in [3.8, 4) is 0 Å². The van der Waals surface area contributed by atoms with Gasteiger partial charge in [0.25, 0.3) is 11.8 Å². The smallest absolute Gasteiger partial charge is 0.304 e. The minimum atomic E-state index is -0.236. The fraction of sp³-hybridized carbons (Fsp3) is 0.375. The number of aromatic amines is 1. The molecule has 0 atom stereocenters. The molecule has 2 aromatic rings. The molecule has 0 aliphatic carbocycles. The summed E-state index contributed by atoms with van der Waals surface area (Å²) in [5.41, 5.74) is 6.30. The summed E-state index contributed by atoms with van der Waals surface area (Å²) in [6.45, 7) is 0. The second-order valence-electron chi connectivity index (χ2n) is 3.54. The van der Waals surface area contributed by atoms with Crippen LogP contribution in [0.5, 0.6) is 0 Å². The van der Waals surface area contributed by atoms with E-state index in [1.807, 2.05) is 19.1 Å². The highest BCUT2D eigenvalue weighted by molar-refractivity contribution is 5.67. The van der Waals surface area contributed by atoms with Gasteiger partial charge in [0.1, 0.15) is 0 Å². The predicted molar refractivity (Wildman–Crippen MR) is 56.0 cm³/mol. The number of aromatic nitrogens is 4. The third kappa shape index (κ3) is 1.32. The Morgan fingerprint density at radius 1 is 1.60 bits per heavy atom. The number of nitrogen functional groups attached to an aromatic ring is 1. The zero-order chi connectivity index (χ0) is 11.2. The van der Waals surface area contributed by atoms with Crippen LogP contribution in [-0.2, 0) is 7.05 Å². The Hall–Kier alpha value is -2.05. The zero-order valence-corrected chi connectivity index (χ0v) is 8.85. The van der Waals surface area contributed by atoms with Crippen LogP contribution < -0.4 is 20.9 Å². The first-order valence-electron chi connectivity index (χ1n) is 4.45. The molecular formula is C8H13N6O+. The van der Waals surface area contributed by atoms with Crippen molar-refractivity contribution >= 4 is 17.1 Å². The van der Waals surface area contributed by atoms with Gasteiger partial charge in [0.05, 0.1) is 7.05 Å². The molecule has 0 spiro atoms. The van der Waals surface area contributed by atoms with Gasteiger partial charge in [0.15, 0.2) is 0 Å². The average molecular weight is 209 g/mol. The number of rotatable bonds is 1. The van der Waals surface area contributed by atoms with Crippen molar-refractivity contribution in [2.24, 2.45) is 7.05 Å². The SMILES string of the molecule is CN(C)n1c[n+](C)c2c(=O)[nH]c(N)nc21. The molecule has 0 radical (unpaired) electrons. The molecule has 0 aliphatic rings. The van der Waals surface area contributed by atoms with Crippen molar-refractivity contribution in [3.05, 3.63) is 16.7 Å². The van der Waals surface area contributed by atoms with Crippen molar-refractivity contribution in [2.75, 3.05) is 24.8 Å². The number of aryl methyl sites for hydroxylation is 1. The molecule has 3 N–H and O–H groups in total. The van der Waals surface area contributed by atoms with Gasteiger partial charge in [-0.25, -0.2) is 9.58 Å². The molecule has 0 fully saturated rings. The number of nitrogens with two attached hydrogens (primary N) is 1. The van der Waals surface area contributed by atoms with E-state index in [0.717, 1.165) is 0 Å². The normalized spacial score (nSPS) is 10.9. The fourth-order valence-electron chi connectivity index (χ4n) is 1.52. The molecule has 0 saturated carbocycles. The first kappa shape index (κ1) is 9.50. The minimum absolute atomic E-state index is 0.120. The third-order valence-electron chi connectivity index (χ3n) is 2.18. The van der Waals surface area contributed by atoms with E-state index in [0.29, 0.717) is 11.2 Å². The molecule has 0 unspecified atom stereocenters. The van der Waals surface area contributed by atoms with E-state index in [1.54, 1.807) is 22.6 Å². The molecular weight excluding hydrogens is 196 g/mol. The van der Waals surface area contributed by atoms with E-state index in [4.69, 9.17) is 5.73 Å². The van der Waals surface area contributed by atoms with E-state index < -0.39 is 0 Å². The predicted octanol–water partition coefficient (Wildman–Crippen LogP) is -1.67. The molecule has 7 heteroatoms. The van der Waals surface area contributed by atoms with Gasteiger partial charge < -0.3 is 5.73 Å². The lowest BCUT2D eigenvalue weighted by molar-refractivity contribution is -0.646. The Bertz CT molecular complexity index is 566. The van der Waals surface area contributed by atoms with Crippen LogP contribution in [-0.4, -0.2) is 28.7 Å². The molecule has 0 bridgehead atoms. The van der Waals surface area contributed by atoms with Crippen LogP contribution in [0.25, 0.3) is 11.2 Å². The summed E-state index contributed by atoms with van der Waals surface area (Å²) in [5, 5.41) is 1.81. The van der Waals surface area contributed by atoms with Crippen LogP contribution in [0.3, 0.4) is 0 Å². The highest BCUT2D eigenvalue weighted by Gasteiger charge is 2.20. The minimum Gasteiger partial charge on any atom is -0.369 e. The number of fused-ring (bicyclic) bond motifs is 1. The Kier molecular flexibility index (Phi) is 1.88. The van der Waals surface area contributed by atoms with Crippen LogP contribution >= 0.6 is 0 Å². The lowest BCUT2D eigenvalue weighted by atomic mass is 10.5. The van der Waals surface area contributed by atoms with Crippen LogP contribution in [0.2, 0.25) is 0 Å². The van der Waals surface area contributed by atoms with Gasteiger partial charge in [-0.3, -0.25) is 9.78 Å². The highest BCUT2D eigenvalue weighted by atomic mass is 16.1. The number of hydrogen-bond acceptors (Lipinski definition) is 4.